The van der Waals surface area contributed by atoms with Gasteiger partial charge in [0.2, 0.25) is 5.91 Å². The van der Waals surface area contributed by atoms with Gasteiger partial charge in [-0.15, -0.1) is 0 Å². The van der Waals surface area contributed by atoms with Crippen LogP contribution in [-0.2, 0) is 4.79 Å². The molecule has 0 unspecified atom stereocenters. The van der Waals surface area contributed by atoms with E-state index >= 15 is 0 Å². The molecule has 2 rings (SSSR count). The predicted octanol–water partition coefficient (Wildman–Crippen LogP) is 2.09. The zero-order valence-corrected chi connectivity index (χ0v) is 8.38. The highest BCUT2D eigenvalue weighted by atomic mass is 16.1. The van der Waals surface area contributed by atoms with Gasteiger partial charge in [0.1, 0.15) is 0 Å². The molecule has 2 heteroatoms. The Labute approximate surface area is 80.1 Å². The molecule has 0 radical (unpaired) electrons. The Bertz CT molecular complexity index is 202. The Hall–Kier alpha value is -0.530. The molecule has 0 aliphatic heterocycles. The van der Waals surface area contributed by atoms with Gasteiger partial charge in [0.25, 0.3) is 0 Å². The summed E-state index contributed by atoms with van der Waals surface area (Å²) < 4.78 is 0. The van der Waals surface area contributed by atoms with Crippen LogP contribution in [0.4, 0.5) is 0 Å². The molecule has 0 saturated heterocycles. The molecule has 0 bridgehead atoms. The van der Waals surface area contributed by atoms with Gasteiger partial charge >= 0.3 is 0 Å². The Balaban J connectivity index is 1.94. The van der Waals surface area contributed by atoms with E-state index in [0.29, 0.717) is 6.04 Å². The predicted molar refractivity (Wildman–Crippen MR) is 52.3 cm³/mol. The van der Waals surface area contributed by atoms with Crippen molar-refractivity contribution in [1.82, 2.24) is 5.32 Å². The molecule has 1 amide bonds. The fraction of sp³-hybridized carbons (Fsp3) is 0.909. The number of carbonyl (C=O) groups excluding carboxylic acids is 1. The molecule has 2 saturated carbocycles. The second-order valence-corrected chi connectivity index (χ2v) is 4.59. The molecule has 2 nitrogen and oxygen atoms in total. The number of amides is 1. The molecule has 1 N–H and O–H groups in total. The van der Waals surface area contributed by atoms with Crippen LogP contribution in [0.25, 0.3) is 0 Å². The molecule has 3 atom stereocenters. The Morgan fingerprint density at radius 1 is 1.15 bits per heavy atom. The average molecular weight is 181 g/mol. The molecule has 13 heavy (non-hydrogen) atoms. The number of hydrogen-bond acceptors (Lipinski definition) is 1. The van der Waals surface area contributed by atoms with Crippen LogP contribution in [0.2, 0.25) is 0 Å². The van der Waals surface area contributed by atoms with Crippen LogP contribution in [0.1, 0.15) is 45.4 Å². The smallest absolute Gasteiger partial charge is 0.217 e. The highest BCUT2D eigenvalue weighted by molar-refractivity contribution is 5.73. The molecule has 2 aliphatic carbocycles. The molecule has 2 fully saturated rings. The van der Waals surface area contributed by atoms with Crippen molar-refractivity contribution in [3.63, 3.8) is 0 Å². The molecule has 0 aromatic heterocycles. The molecule has 0 aromatic rings. The van der Waals surface area contributed by atoms with E-state index in [1.807, 2.05) is 0 Å². The van der Waals surface area contributed by atoms with Crippen molar-refractivity contribution in [2.24, 2.45) is 11.8 Å². The van der Waals surface area contributed by atoms with Crippen LogP contribution in [0.3, 0.4) is 0 Å². The number of fused-ring (bicyclic) bond motifs is 1. The summed E-state index contributed by atoms with van der Waals surface area (Å²) in [5.74, 6) is 1.87. The van der Waals surface area contributed by atoms with E-state index in [1.54, 1.807) is 6.92 Å². The van der Waals surface area contributed by atoms with Crippen LogP contribution in [0, 0.1) is 11.8 Å². The first-order chi connectivity index (χ1) is 6.27. The normalized spacial score (nSPS) is 38.4. The molecular weight excluding hydrogens is 162 g/mol. The van der Waals surface area contributed by atoms with Gasteiger partial charge in [-0.25, -0.2) is 0 Å². The largest absolute Gasteiger partial charge is 0.353 e. The van der Waals surface area contributed by atoms with Gasteiger partial charge in [0.15, 0.2) is 0 Å². The first-order valence-corrected chi connectivity index (χ1v) is 5.54. The summed E-state index contributed by atoms with van der Waals surface area (Å²) in [7, 11) is 0. The van der Waals surface area contributed by atoms with Crippen LogP contribution < -0.4 is 5.32 Å². The van der Waals surface area contributed by atoms with Gasteiger partial charge in [0.05, 0.1) is 0 Å². The van der Waals surface area contributed by atoms with Gasteiger partial charge in [-0.1, -0.05) is 19.3 Å². The maximum Gasteiger partial charge on any atom is 0.217 e. The fourth-order valence-electron chi connectivity index (χ4n) is 3.17. The third-order valence-electron chi connectivity index (χ3n) is 3.72. The Morgan fingerprint density at radius 2 is 1.92 bits per heavy atom. The van der Waals surface area contributed by atoms with Crippen molar-refractivity contribution >= 4 is 5.91 Å². The molecule has 2 aliphatic rings. The fourth-order valence-corrected chi connectivity index (χ4v) is 3.17. The van der Waals surface area contributed by atoms with Gasteiger partial charge in [0, 0.05) is 13.0 Å². The number of nitrogens with one attached hydrogen (secondary N) is 1. The molecule has 0 aromatic carbocycles. The van der Waals surface area contributed by atoms with E-state index < -0.39 is 0 Å². The zero-order chi connectivity index (χ0) is 9.26. The highest BCUT2D eigenvalue weighted by Gasteiger charge is 2.37. The number of carbonyl (C=O) groups is 1. The summed E-state index contributed by atoms with van der Waals surface area (Å²) in [6, 6.07) is 0.503. The Kier molecular flexibility index (Phi) is 2.56. The number of hydrogen-bond donors (Lipinski definition) is 1. The van der Waals surface area contributed by atoms with Crippen LogP contribution in [0.15, 0.2) is 0 Å². The highest BCUT2D eigenvalue weighted by Crippen LogP contribution is 2.42. The summed E-state index contributed by atoms with van der Waals surface area (Å²) >= 11 is 0. The van der Waals surface area contributed by atoms with E-state index in [2.05, 4.69) is 5.32 Å². The van der Waals surface area contributed by atoms with E-state index in [1.165, 1.54) is 38.5 Å². The quantitative estimate of drug-likeness (QED) is 0.659. The summed E-state index contributed by atoms with van der Waals surface area (Å²) in [6.07, 6.45) is 8.09. The van der Waals surface area contributed by atoms with Gasteiger partial charge in [-0.3, -0.25) is 4.79 Å². The van der Waals surface area contributed by atoms with Crippen LogP contribution in [-0.4, -0.2) is 11.9 Å². The minimum Gasteiger partial charge on any atom is -0.353 e. The Morgan fingerprint density at radius 3 is 2.69 bits per heavy atom. The maximum absolute atomic E-state index is 11.0. The first-order valence-electron chi connectivity index (χ1n) is 5.54. The third-order valence-corrected chi connectivity index (χ3v) is 3.72. The van der Waals surface area contributed by atoms with E-state index in [4.69, 9.17) is 0 Å². The second kappa shape index (κ2) is 3.69. The summed E-state index contributed by atoms with van der Waals surface area (Å²) in [4.78, 5) is 11.0. The summed E-state index contributed by atoms with van der Waals surface area (Å²) in [5, 5.41) is 3.10. The summed E-state index contributed by atoms with van der Waals surface area (Å²) in [5.41, 5.74) is 0. The van der Waals surface area contributed by atoms with Crippen molar-refractivity contribution in [1.29, 1.82) is 0 Å². The lowest BCUT2D eigenvalue weighted by atomic mass is 9.80. The van der Waals surface area contributed by atoms with Crippen molar-refractivity contribution in [3.05, 3.63) is 0 Å². The minimum atomic E-state index is 0.149. The van der Waals surface area contributed by atoms with Gasteiger partial charge in [-0.05, 0) is 31.1 Å². The topological polar surface area (TPSA) is 29.1 Å². The molecule has 0 heterocycles. The van der Waals surface area contributed by atoms with Crippen molar-refractivity contribution in [3.8, 4) is 0 Å². The van der Waals surface area contributed by atoms with Gasteiger partial charge < -0.3 is 5.32 Å². The van der Waals surface area contributed by atoms with Crippen molar-refractivity contribution < 1.29 is 4.79 Å². The molecule has 74 valence electrons. The maximum atomic E-state index is 11.0. The standard InChI is InChI=1S/C11H19NO/c1-8(13)12-11-7-6-9-4-2-3-5-10(9)11/h9-11H,2-7H2,1H3,(H,12,13)/t9-,10+,11+/m0/s1. The minimum absolute atomic E-state index is 0.149. The summed E-state index contributed by atoms with van der Waals surface area (Å²) in [6.45, 7) is 1.64. The van der Waals surface area contributed by atoms with Crippen molar-refractivity contribution in [2.45, 2.75) is 51.5 Å². The molecule has 0 spiro atoms. The van der Waals surface area contributed by atoms with Crippen molar-refractivity contribution in [2.75, 3.05) is 0 Å². The lowest BCUT2D eigenvalue weighted by molar-refractivity contribution is -0.120. The zero-order valence-electron chi connectivity index (χ0n) is 8.38. The van der Waals surface area contributed by atoms with Crippen LogP contribution in [0.5, 0.6) is 0 Å². The molecular formula is C11H19NO. The van der Waals surface area contributed by atoms with E-state index in [0.717, 1.165) is 11.8 Å². The first kappa shape index (κ1) is 9.04. The number of rotatable bonds is 1. The van der Waals surface area contributed by atoms with Gasteiger partial charge in [-0.2, -0.15) is 0 Å². The lowest BCUT2D eigenvalue weighted by Crippen LogP contribution is -2.38. The van der Waals surface area contributed by atoms with Crippen LogP contribution >= 0.6 is 0 Å². The third kappa shape index (κ3) is 1.87. The monoisotopic (exact) mass is 181 g/mol. The SMILES string of the molecule is CC(=O)N[C@@H]1CC[C@@H]2CCCC[C@H]21. The van der Waals surface area contributed by atoms with E-state index in [-0.39, 0.29) is 5.91 Å². The second-order valence-electron chi connectivity index (χ2n) is 4.59. The lowest BCUT2D eigenvalue weighted by Gasteiger charge is -2.29. The van der Waals surface area contributed by atoms with E-state index in [9.17, 15) is 4.79 Å². The average Bonchev–Trinajstić information content (AvgIpc) is 2.48.